The highest BCUT2D eigenvalue weighted by molar-refractivity contribution is 6.35. The summed E-state index contributed by atoms with van der Waals surface area (Å²) in [5.41, 5.74) is 8.28. The highest BCUT2D eigenvalue weighted by atomic mass is 35.5. The Hall–Kier alpha value is -4.00. The zero-order chi connectivity index (χ0) is 36.3. The molecule has 2 amide bonds. The predicted molar refractivity (Wildman–Crippen MR) is 205 cm³/mol. The van der Waals surface area contributed by atoms with Gasteiger partial charge in [0.05, 0.1) is 24.2 Å². The van der Waals surface area contributed by atoms with Crippen LogP contribution >= 0.6 is 23.2 Å². The number of nitrogens with zero attached hydrogens (tertiary/aromatic N) is 5. The Morgan fingerprint density at radius 3 is 2.22 bits per heavy atom. The minimum Gasteiger partial charge on any atom is -0.491 e. The lowest BCUT2D eigenvalue weighted by molar-refractivity contribution is -0.174. The number of urea groups is 1. The van der Waals surface area contributed by atoms with Crippen molar-refractivity contribution in [3.05, 3.63) is 95.1 Å². The molecular weight excluding hydrogens is 677 g/mol. The molecule has 3 aromatic carbocycles. The molecule has 3 N–H and O–H groups in total. The van der Waals surface area contributed by atoms with E-state index >= 15 is 0 Å². The van der Waals surface area contributed by atoms with Gasteiger partial charge in [0, 0.05) is 67.6 Å². The second-order valence-corrected chi connectivity index (χ2v) is 12.7. The molecule has 3 aromatic rings. The van der Waals surface area contributed by atoms with Gasteiger partial charge >= 0.3 is 6.03 Å². The first kappa shape index (κ1) is 38.8. The van der Waals surface area contributed by atoms with E-state index in [2.05, 4.69) is 63.5 Å². The average molecular weight is 727 g/mol. The molecule has 3 unspecified atom stereocenters. The molecule has 0 aliphatic carbocycles. The van der Waals surface area contributed by atoms with Crippen molar-refractivity contribution in [1.82, 2.24) is 10.3 Å². The number of nitrogens with one attached hydrogen (secondary N) is 1. The molecule has 0 bridgehead atoms. The van der Waals surface area contributed by atoms with Crippen molar-refractivity contribution in [3.63, 3.8) is 0 Å². The standard InChI is InChI=1S/C36H44Cl2N6O4.CH5N/c1-6-26(3)44(39-4)35(45)41(5)28-9-11-29(12-10-28)42-18-20-43(21-19-42)30-13-15-31(16-14-30)46-23-32-24-47-36(48-32,25-40-7-2)33-17-8-27(37)22-34(33)38;1-2/h7-17,22,26,32,40H,2,4,6,18-21,23-25H2,1,3,5H3;2H2,1H3. The van der Waals surface area contributed by atoms with Gasteiger partial charge < -0.3 is 35.1 Å². The lowest BCUT2D eigenvalue weighted by Gasteiger charge is -2.37. The molecule has 11 nitrogen and oxygen atoms in total. The number of hydrogen-bond acceptors (Lipinski definition) is 9. The van der Waals surface area contributed by atoms with E-state index < -0.39 is 5.79 Å². The van der Waals surface area contributed by atoms with Crippen LogP contribution in [0.15, 0.2) is 84.6 Å². The zero-order valence-electron chi connectivity index (χ0n) is 29.4. The Kier molecular flexibility index (Phi) is 14.2. The second kappa shape index (κ2) is 18.3. The van der Waals surface area contributed by atoms with E-state index in [4.69, 9.17) is 37.4 Å². The normalized spacial score (nSPS) is 19.1. The van der Waals surface area contributed by atoms with E-state index in [1.54, 1.807) is 30.3 Å². The van der Waals surface area contributed by atoms with Crippen LogP contribution in [0.2, 0.25) is 10.0 Å². The number of rotatable bonds is 13. The van der Waals surface area contributed by atoms with Crippen LogP contribution in [-0.4, -0.2) is 89.9 Å². The van der Waals surface area contributed by atoms with E-state index in [0.29, 0.717) is 35.4 Å². The van der Waals surface area contributed by atoms with E-state index in [9.17, 15) is 4.79 Å². The maximum Gasteiger partial charge on any atom is 0.344 e. The van der Waals surface area contributed by atoms with Gasteiger partial charge in [-0.3, -0.25) is 4.90 Å². The number of ether oxygens (including phenoxy) is 3. The molecule has 3 atom stereocenters. The molecule has 2 aliphatic rings. The first-order valence-electron chi connectivity index (χ1n) is 16.7. The molecule has 2 saturated heterocycles. The molecule has 2 heterocycles. The number of anilines is 3. The minimum absolute atomic E-state index is 0.0217. The Labute approximate surface area is 306 Å². The zero-order valence-corrected chi connectivity index (χ0v) is 30.9. The Balaban J connectivity index is 0.00000276. The molecule has 2 aliphatic heterocycles. The SMILES string of the molecule is C=CNCC1(c2ccc(Cl)cc2Cl)OCC(COc2ccc(N3CCN(c4ccc(N(C)C(=O)N(N=C)C(C)CC)cc4)CC3)cc2)O1.CN. The fourth-order valence-electron chi connectivity index (χ4n) is 5.86. The van der Waals surface area contributed by atoms with Crippen LogP contribution in [-0.2, 0) is 15.3 Å². The number of benzene rings is 3. The molecule has 50 heavy (non-hydrogen) atoms. The second-order valence-electron chi connectivity index (χ2n) is 11.9. The number of hydrogen-bond donors (Lipinski definition) is 2. The van der Waals surface area contributed by atoms with Gasteiger partial charge in [0.25, 0.3) is 0 Å². The number of hydrazone groups is 1. The van der Waals surface area contributed by atoms with Gasteiger partial charge in [0.1, 0.15) is 18.5 Å². The van der Waals surface area contributed by atoms with Crippen LogP contribution in [0.3, 0.4) is 0 Å². The van der Waals surface area contributed by atoms with E-state index in [1.807, 2.05) is 44.2 Å². The van der Waals surface area contributed by atoms with Crippen LogP contribution in [0.4, 0.5) is 21.9 Å². The number of halogens is 2. The fourth-order valence-corrected chi connectivity index (χ4v) is 6.41. The van der Waals surface area contributed by atoms with Gasteiger partial charge in [-0.1, -0.05) is 42.8 Å². The molecular formula is C37H49Cl2N7O4. The van der Waals surface area contributed by atoms with Crippen molar-refractivity contribution in [2.24, 2.45) is 10.8 Å². The minimum atomic E-state index is -1.08. The summed E-state index contributed by atoms with van der Waals surface area (Å²) >= 11 is 12.6. The highest BCUT2D eigenvalue weighted by Crippen LogP contribution is 2.39. The smallest absolute Gasteiger partial charge is 0.344 e. The third-order valence-electron chi connectivity index (χ3n) is 8.84. The van der Waals surface area contributed by atoms with Gasteiger partial charge in [-0.2, -0.15) is 5.10 Å². The molecule has 13 heteroatoms. The van der Waals surface area contributed by atoms with E-state index in [1.165, 1.54) is 12.1 Å². The largest absolute Gasteiger partial charge is 0.491 e. The summed E-state index contributed by atoms with van der Waals surface area (Å²) in [6.45, 7) is 15.8. The van der Waals surface area contributed by atoms with Crippen molar-refractivity contribution in [2.75, 3.05) is 74.7 Å². The summed E-state index contributed by atoms with van der Waals surface area (Å²) in [6.07, 6.45) is 2.09. The highest BCUT2D eigenvalue weighted by Gasteiger charge is 2.44. The molecule has 0 spiro atoms. The molecule has 2 fully saturated rings. The van der Waals surface area contributed by atoms with Crippen LogP contribution in [0, 0.1) is 0 Å². The molecule has 0 saturated carbocycles. The first-order chi connectivity index (χ1) is 24.2. The Bertz CT molecular complexity index is 1550. The third-order valence-corrected chi connectivity index (χ3v) is 9.39. The van der Waals surface area contributed by atoms with Crippen LogP contribution < -0.4 is 30.5 Å². The average Bonchev–Trinajstić information content (AvgIpc) is 3.58. The summed E-state index contributed by atoms with van der Waals surface area (Å²) in [5, 5.41) is 9.46. The maximum atomic E-state index is 12.9. The first-order valence-corrected chi connectivity index (χ1v) is 17.5. The van der Waals surface area contributed by atoms with Crippen molar-refractivity contribution in [2.45, 2.75) is 38.2 Å². The van der Waals surface area contributed by atoms with E-state index in [0.717, 1.165) is 55.4 Å². The lowest BCUT2D eigenvalue weighted by Crippen LogP contribution is -2.46. The quantitative estimate of drug-likeness (QED) is 0.151. The third kappa shape index (κ3) is 9.21. The summed E-state index contributed by atoms with van der Waals surface area (Å²) in [6, 6.07) is 21.3. The van der Waals surface area contributed by atoms with Crippen LogP contribution in [0.5, 0.6) is 5.75 Å². The maximum absolute atomic E-state index is 12.9. The van der Waals surface area contributed by atoms with Crippen molar-refractivity contribution in [3.8, 4) is 5.75 Å². The molecule has 270 valence electrons. The Morgan fingerprint density at radius 2 is 1.68 bits per heavy atom. The van der Waals surface area contributed by atoms with E-state index in [-0.39, 0.29) is 18.2 Å². The number of carbonyl (C=O) groups is 1. The van der Waals surface area contributed by atoms with Gasteiger partial charge in [-0.15, -0.1) is 0 Å². The topological polar surface area (TPSA) is 108 Å². The summed E-state index contributed by atoms with van der Waals surface area (Å²) in [7, 11) is 3.26. The number of amides is 2. The Morgan fingerprint density at radius 1 is 1.08 bits per heavy atom. The summed E-state index contributed by atoms with van der Waals surface area (Å²) in [5.74, 6) is -0.321. The van der Waals surface area contributed by atoms with Crippen molar-refractivity contribution < 1.29 is 19.0 Å². The number of nitrogens with two attached hydrogens (primary N) is 1. The predicted octanol–water partition coefficient (Wildman–Crippen LogP) is 6.55. The summed E-state index contributed by atoms with van der Waals surface area (Å²) < 4.78 is 18.6. The van der Waals surface area contributed by atoms with Gasteiger partial charge in [-0.25, -0.2) is 9.80 Å². The molecule has 0 radical (unpaired) electrons. The van der Waals surface area contributed by atoms with Crippen molar-refractivity contribution in [1.29, 1.82) is 0 Å². The van der Waals surface area contributed by atoms with Crippen LogP contribution in [0.25, 0.3) is 0 Å². The van der Waals surface area contributed by atoms with Gasteiger partial charge in [0.15, 0.2) is 0 Å². The lowest BCUT2D eigenvalue weighted by atomic mass is 10.1. The van der Waals surface area contributed by atoms with Crippen molar-refractivity contribution >= 4 is 53.0 Å². The van der Waals surface area contributed by atoms with Crippen LogP contribution in [0.1, 0.15) is 25.8 Å². The fraction of sp³-hybridized carbons (Fsp3) is 0.405. The molecule has 0 aromatic heterocycles. The summed E-state index contributed by atoms with van der Waals surface area (Å²) in [4.78, 5) is 19.3. The van der Waals surface area contributed by atoms with Gasteiger partial charge in [-0.05, 0) is 87.3 Å². The van der Waals surface area contributed by atoms with Gasteiger partial charge in [0.2, 0.25) is 5.79 Å². The number of carbonyl (C=O) groups excluding carboxylic acids is 1. The molecule has 5 rings (SSSR count). The monoisotopic (exact) mass is 725 g/mol. The number of piperazine rings is 1.